The van der Waals surface area contributed by atoms with Crippen LogP contribution in [0.15, 0.2) is 35.5 Å². The minimum absolute atomic E-state index is 0.419. The van der Waals surface area contributed by atoms with E-state index in [9.17, 15) is 0 Å². The fraction of sp³-hybridized carbons (Fsp3) is 0.0909. The van der Waals surface area contributed by atoms with Crippen LogP contribution in [0.3, 0.4) is 0 Å². The van der Waals surface area contributed by atoms with Crippen molar-refractivity contribution in [2.24, 2.45) is 4.99 Å². The van der Waals surface area contributed by atoms with Gasteiger partial charge in [-0.05, 0) is 24.3 Å². The van der Waals surface area contributed by atoms with Crippen molar-refractivity contribution in [2.75, 3.05) is 6.73 Å². The summed E-state index contributed by atoms with van der Waals surface area (Å²) < 4.78 is 7.56. The number of fused-ring (bicyclic) bond motifs is 5. The maximum Gasteiger partial charge on any atom is 0.180 e. The minimum atomic E-state index is 0.419. The molecule has 2 aromatic heterocycles. The number of imidazole rings is 1. The van der Waals surface area contributed by atoms with Crippen LogP contribution in [0.25, 0.3) is 16.7 Å². The van der Waals surface area contributed by atoms with Crippen LogP contribution in [-0.2, 0) is 0 Å². The Bertz CT molecular complexity index is 729. The Kier molecular flexibility index (Phi) is 1.10. The molecule has 0 spiro atoms. The number of hydrogen-bond acceptors (Lipinski definition) is 3. The van der Waals surface area contributed by atoms with Gasteiger partial charge in [0.2, 0.25) is 0 Å². The van der Waals surface area contributed by atoms with Gasteiger partial charge < -0.3 is 4.74 Å². The van der Waals surface area contributed by atoms with Crippen molar-refractivity contribution in [3.63, 3.8) is 0 Å². The zero-order valence-electron chi connectivity index (χ0n) is 7.84. The van der Waals surface area contributed by atoms with Crippen molar-refractivity contribution in [3.8, 4) is 5.75 Å². The van der Waals surface area contributed by atoms with Gasteiger partial charge >= 0.3 is 0 Å². The molecule has 0 bridgehead atoms. The summed E-state index contributed by atoms with van der Waals surface area (Å²) in [7, 11) is 0. The third-order valence-corrected chi connectivity index (χ3v) is 2.74. The Morgan fingerprint density at radius 3 is 3.27 bits per heavy atom. The van der Waals surface area contributed by atoms with E-state index in [2.05, 4.69) is 9.98 Å². The molecule has 1 aliphatic rings. The largest absolute Gasteiger partial charge is 0.467 e. The monoisotopic (exact) mass is 197 g/mol. The van der Waals surface area contributed by atoms with Gasteiger partial charge in [0.1, 0.15) is 16.5 Å². The molecule has 0 saturated heterocycles. The van der Waals surface area contributed by atoms with E-state index < -0.39 is 0 Å². The van der Waals surface area contributed by atoms with Crippen molar-refractivity contribution in [1.82, 2.24) is 9.38 Å². The van der Waals surface area contributed by atoms with E-state index in [1.165, 1.54) is 0 Å². The first kappa shape index (κ1) is 7.23. The molecule has 0 fully saturated rings. The van der Waals surface area contributed by atoms with Crippen LogP contribution >= 0.6 is 0 Å². The molecule has 0 saturated carbocycles. The molecule has 0 N–H and O–H groups in total. The molecule has 4 rings (SSSR count). The average Bonchev–Trinajstić information content (AvgIpc) is 2.89. The van der Waals surface area contributed by atoms with Crippen molar-refractivity contribution >= 4 is 16.7 Å². The number of rotatable bonds is 0. The summed E-state index contributed by atoms with van der Waals surface area (Å²) >= 11 is 0. The maximum absolute atomic E-state index is 5.52. The van der Waals surface area contributed by atoms with Gasteiger partial charge in [-0.15, -0.1) is 0 Å². The first-order chi connectivity index (χ1) is 7.43. The Morgan fingerprint density at radius 2 is 2.27 bits per heavy atom. The highest BCUT2D eigenvalue weighted by molar-refractivity contribution is 5.86. The van der Waals surface area contributed by atoms with E-state index >= 15 is 0 Å². The zero-order valence-corrected chi connectivity index (χ0v) is 7.84. The summed E-state index contributed by atoms with van der Waals surface area (Å²) in [6.07, 6.45) is 1.99. The molecule has 0 radical (unpaired) electrons. The molecule has 72 valence electrons. The fourth-order valence-electron chi connectivity index (χ4n) is 2.08. The van der Waals surface area contributed by atoms with E-state index in [0.29, 0.717) is 6.73 Å². The van der Waals surface area contributed by atoms with E-state index in [-0.39, 0.29) is 0 Å². The lowest BCUT2D eigenvalue weighted by molar-refractivity contribution is 0.355. The molecular formula is C11H7N3O. The Morgan fingerprint density at radius 1 is 1.27 bits per heavy atom. The molecule has 0 amide bonds. The standard InChI is InChI=1S/C11H7N3O/c1-2-9-13-7-3-4-8-11(15-6-12-8)10(7)14(9)5-1/h1-5H,6H2. The lowest BCUT2D eigenvalue weighted by atomic mass is 10.3. The highest BCUT2D eigenvalue weighted by Crippen LogP contribution is 2.25. The summed E-state index contributed by atoms with van der Waals surface area (Å²) in [4.78, 5) is 8.75. The van der Waals surface area contributed by atoms with Gasteiger partial charge in [0.05, 0.1) is 5.52 Å². The van der Waals surface area contributed by atoms with Crippen LogP contribution < -0.4 is 10.1 Å². The average molecular weight is 197 g/mol. The van der Waals surface area contributed by atoms with Crippen LogP contribution in [0, 0.1) is 0 Å². The zero-order chi connectivity index (χ0) is 9.83. The van der Waals surface area contributed by atoms with Crippen molar-refractivity contribution in [3.05, 3.63) is 35.8 Å². The number of nitrogens with zero attached hydrogens (tertiary/aromatic N) is 3. The first-order valence-electron chi connectivity index (χ1n) is 4.80. The van der Waals surface area contributed by atoms with E-state index in [4.69, 9.17) is 4.74 Å². The molecular weight excluding hydrogens is 190 g/mol. The molecule has 4 nitrogen and oxygen atoms in total. The van der Waals surface area contributed by atoms with Crippen LogP contribution in [0.2, 0.25) is 0 Å². The Hall–Kier alpha value is -2.10. The number of hydrogen-bond donors (Lipinski definition) is 0. The fourth-order valence-corrected chi connectivity index (χ4v) is 2.08. The minimum Gasteiger partial charge on any atom is -0.467 e. The van der Waals surface area contributed by atoms with Crippen molar-refractivity contribution in [2.45, 2.75) is 0 Å². The molecule has 0 aliphatic carbocycles. The number of ether oxygens (including phenoxy) is 1. The molecule has 0 atom stereocenters. The van der Waals surface area contributed by atoms with Crippen LogP contribution in [-0.4, -0.2) is 16.1 Å². The summed E-state index contributed by atoms with van der Waals surface area (Å²) in [5, 5.41) is 0.922. The number of aromatic nitrogens is 2. The molecule has 15 heavy (non-hydrogen) atoms. The second kappa shape index (κ2) is 2.28. The summed E-state index contributed by atoms with van der Waals surface area (Å²) in [5.41, 5.74) is 2.93. The highest BCUT2D eigenvalue weighted by Gasteiger charge is 2.15. The van der Waals surface area contributed by atoms with Gasteiger partial charge in [-0.1, -0.05) is 0 Å². The second-order valence-corrected chi connectivity index (χ2v) is 3.56. The first-order valence-corrected chi connectivity index (χ1v) is 4.80. The van der Waals surface area contributed by atoms with E-state index in [0.717, 1.165) is 27.8 Å². The SMILES string of the molecule is c1cc2nc3ccc4c(c3n2c1)OCN=4. The van der Waals surface area contributed by atoms with Crippen molar-refractivity contribution < 1.29 is 4.74 Å². The quantitative estimate of drug-likeness (QED) is 0.542. The topological polar surface area (TPSA) is 38.9 Å². The molecule has 1 aliphatic heterocycles. The Balaban J connectivity index is 2.36. The summed E-state index contributed by atoms with van der Waals surface area (Å²) in [6, 6.07) is 7.90. The van der Waals surface area contributed by atoms with Gasteiger partial charge in [0.25, 0.3) is 0 Å². The van der Waals surface area contributed by atoms with Gasteiger partial charge in [-0.25, -0.2) is 9.98 Å². The summed E-state index contributed by atoms with van der Waals surface area (Å²) in [6.45, 7) is 0.419. The predicted octanol–water partition coefficient (Wildman–Crippen LogP) is 1.18. The summed E-state index contributed by atoms with van der Waals surface area (Å²) in [5.74, 6) is 0.853. The second-order valence-electron chi connectivity index (χ2n) is 3.56. The molecule has 0 unspecified atom stereocenters. The van der Waals surface area contributed by atoms with Crippen LogP contribution in [0.5, 0.6) is 5.75 Å². The molecule has 3 heterocycles. The number of benzene rings is 1. The third kappa shape index (κ3) is 0.771. The van der Waals surface area contributed by atoms with Crippen LogP contribution in [0.4, 0.5) is 0 Å². The molecule has 3 aromatic rings. The lowest BCUT2D eigenvalue weighted by Gasteiger charge is -1.97. The third-order valence-electron chi connectivity index (χ3n) is 2.74. The van der Waals surface area contributed by atoms with Gasteiger partial charge in [-0.2, -0.15) is 0 Å². The van der Waals surface area contributed by atoms with E-state index in [1.54, 1.807) is 0 Å². The van der Waals surface area contributed by atoms with Gasteiger partial charge in [0.15, 0.2) is 12.5 Å². The lowest BCUT2D eigenvalue weighted by Crippen LogP contribution is -1.99. The maximum atomic E-state index is 5.52. The smallest absolute Gasteiger partial charge is 0.180 e. The Labute approximate surface area is 84.8 Å². The highest BCUT2D eigenvalue weighted by atomic mass is 16.5. The predicted molar refractivity (Wildman–Crippen MR) is 54.9 cm³/mol. The van der Waals surface area contributed by atoms with Gasteiger partial charge in [0, 0.05) is 6.20 Å². The van der Waals surface area contributed by atoms with E-state index in [1.807, 2.05) is 34.9 Å². The molecule has 1 aromatic carbocycles. The molecule has 4 heteroatoms. The normalized spacial score (nSPS) is 14.1. The van der Waals surface area contributed by atoms with Gasteiger partial charge in [-0.3, -0.25) is 4.40 Å². The van der Waals surface area contributed by atoms with Crippen LogP contribution in [0.1, 0.15) is 0 Å². The van der Waals surface area contributed by atoms with Crippen molar-refractivity contribution in [1.29, 1.82) is 0 Å².